The number of nitrogens with zero attached hydrogens (tertiary/aromatic N) is 1. The molecule has 1 aliphatic heterocycles. The summed E-state index contributed by atoms with van der Waals surface area (Å²) < 4.78 is 25.5. The predicted octanol–water partition coefficient (Wildman–Crippen LogP) is 2.94. The van der Waals surface area contributed by atoms with E-state index in [2.05, 4.69) is 10.2 Å². The van der Waals surface area contributed by atoms with Crippen molar-refractivity contribution in [1.29, 1.82) is 0 Å². The van der Waals surface area contributed by atoms with E-state index in [0.29, 0.717) is 5.02 Å². The number of hydrogen-bond donors (Lipinski definition) is 1. The largest absolute Gasteiger partial charge is 0.314 e. The van der Waals surface area contributed by atoms with E-state index in [0.717, 1.165) is 31.7 Å². The van der Waals surface area contributed by atoms with Gasteiger partial charge in [0.2, 0.25) is 6.43 Å². The Morgan fingerprint density at radius 1 is 1.28 bits per heavy atom. The van der Waals surface area contributed by atoms with Gasteiger partial charge in [-0.05, 0) is 17.7 Å². The van der Waals surface area contributed by atoms with Crippen LogP contribution in [0.1, 0.15) is 18.0 Å². The first-order valence-corrected chi connectivity index (χ1v) is 6.53. The molecule has 0 spiro atoms. The summed E-state index contributed by atoms with van der Waals surface area (Å²) in [6.45, 7) is 3.29. The van der Waals surface area contributed by atoms with Crippen LogP contribution >= 0.6 is 11.6 Å². The van der Waals surface area contributed by atoms with Crippen LogP contribution < -0.4 is 5.32 Å². The monoisotopic (exact) mass is 274 g/mol. The Balaban J connectivity index is 2.18. The van der Waals surface area contributed by atoms with E-state index in [1.165, 1.54) is 0 Å². The molecule has 2 rings (SSSR count). The second-order valence-corrected chi connectivity index (χ2v) is 4.92. The standard InChI is InChI=1S/C13H17ClF2N2/c14-11-3-1-2-10(8-11)12(9-13(15)16)18-6-4-17-5-7-18/h1-3,8,12-13,17H,4-7,9H2/t12-/m0/s1. The maximum absolute atomic E-state index is 12.8. The molecule has 0 bridgehead atoms. The third-order valence-corrected chi connectivity index (χ3v) is 3.46. The van der Waals surface area contributed by atoms with Crippen LogP contribution in [0.15, 0.2) is 24.3 Å². The molecule has 1 atom stereocenters. The van der Waals surface area contributed by atoms with Crippen LogP contribution in [-0.2, 0) is 0 Å². The van der Waals surface area contributed by atoms with Crippen LogP contribution in [0.3, 0.4) is 0 Å². The van der Waals surface area contributed by atoms with Crippen molar-refractivity contribution in [2.75, 3.05) is 26.2 Å². The van der Waals surface area contributed by atoms with Crippen molar-refractivity contribution >= 4 is 11.6 Å². The molecule has 0 aliphatic carbocycles. The molecule has 1 fully saturated rings. The molecule has 1 heterocycles. The topological polar surface area (TPSA) is 15.3 Å². The van der Waals surface area contributed by atoms with E-state index in [4.69, 9.17) is 11.6 Å². The fourth-order valence-electron chi connectivity index (χ4n) is 2.37. The van der Waals surface area contributed by atoms with E-state index in [9.17, 15) is 8.78 Å². The van der Waals surface area contributed by atoms with Gasteiger partial charge in [0.25, 0.3) is 0 Å². The zero-order valence-corrected chi connectivity index (χ0v) is 10.8. The minimum absolute atomic E-state index is 0.139. The first-order chi connectivity index (χ1) is 8.66. The van der Waals surface area contributed by atoms with Gasteiger partial charge in [0.05, 0.1) is 0 Å². The Morgan fingerprint density at radius 3 is 2.61 bits per heavy atom. The number of alkyl halides is 2. The quantitative estimate of drug-likeness (QED) is 0.908. The second kappa shape index (κ2) is 6.45. The summed E-state index contributed by atoms with van der Waals surface area (Å²) in [5.74, 6) is 0. The fourth-order valence-corrected chi connectivity index (χ4v) is 2.57. The zero-order chi connectivity index (χ0) is 13.0. The number of rotatable bonds is 4. The average Bonchev–Trinajstić information content (AvgIpc) is 2.37. The first-order valence-electron chi connectivity index (χ1n) is 6.15. The van der Waals surface area contributed by atoms with Crippen molar-refractivity contribution in [2.24, 2.45) is 0 Å². The highest BCUT2D eigenvalue weighted by atomic mass is 35.5. The van der Waals surface area contributed by atoms with Crippen LogP contribution in [0.2, 0.25) is 5.02 Å². The second-order valence-electron chi connectivity index (χ2n) is 4.48. The molecule has 1 aromatic rings. The predicted molar refractivity (Wildman–Crippen MR) is 69.3 cm³/mol. The lowest BCUT2D eigenvalue weighted by Gasteiger charge is -2.35. The highest BCUT2D eigenvalue weighted by Gasteiger charge is 2.25. The first kappa shape index (κ1) is 13.7. The van der Waals surface area contributed by atoms with Gasteiger partial charge in [-0.2, -0.15) is 0 Å². The molecular formula is C13H17ClF2N2. The van der Waals surface area contributed by atoms with Crippen LogP contribution in [0.25, 0.3) is 0 Å². The lowest BCUT2D eigenvalue weighted by atomic mass is 10.0. The van der Waals surface area contributed by atoms with Crippen molar-refractivity contribution in [2.45, 2.75) is 18.9 Å². The molecule has 1 N–H and O–H groups in total. The molecule has 1 aliphatic rings. The van der Waals surface area contributed by atoms with E-state index in [-0.39, 0.29) is 12.5 Å². The van der Waals surface area contributed by atoms with Gasteiger partial charge in [-0.15, -0.1) is 0 Å². The van der Waals surface area contributed by atoms with Crippen LogP contribution in [0.4, 0.5) is 8.78 Å². The zero-order valence-electron chi connectivity index (χ0n) is 10.1. The van der Waals surface area contributed by atoms with Crippen molar-refractivity contribution in [3.63, 3.8) is 0 Å². The summed E-state index contributed by atoms with van der Waals surface area (Å²) in [4.78, 5) is 2.11. The van der Waals surface area contributed by atoms with Crippen molar-refractivity contribution in [1.82, 2.24) is 10.2 Å². The Labute approximate surface area is 111 Å². The summed E-state index contributed by atoms with van der Waals surface area (Å²) in [7, 11) is 0. The van der Waals surface area contributed by atoms with Crippen LogP contribution in [-0.4, -0.2) is 37.5 Å². The number of nitrogens with one attached hydrogen (secondary N) is 1. The van der Waals surface area contributed by atoms with Gasteiger partial charge in [-0.1, -0.05) is 23.7 Å². The molecule has 1 saturated heterocycles. The molecular weight excluding hydrogens is 258 g/mol. The molecule has 0 saturated carbocycles. The number of halogens is 3. The Kier molecular flexibility index (Phi) is 4.92. The lowest BCUT2D eigenvalue weighted by Crippen LogP contribution is -2.45. The summed E-state index contributed by atoms with van der Waals surface area (Å²) in [5.41, 5.74) is 0.879. The Bertz CT molecular complexity index is 381. The molecule has 0 amide bonds. The Morgan fingerprint density at radius 2 is 2.00 bits per heavy atom. The summed E-state index contributed by atoms with van der Waals surface area (Å²) >= 11 is 5.95. The van der Waals surface area contributed by atoms with Gasteiger partial charge in [0.15, 0.2) is 0 Å². The minimum Gasteiger partial charge on any atom is -0.314 e. The normalized spacial score (nSPS) is 19.1. The lowest BCUT2D eigenvalue weighted by molar-refractivity contribution is 0.0739. The van der Waals surface area contributed by atoms with Gasteiger partial charge in [-0.3, -0.25) is 4.90 Å². The summed E-state index contributed by atoms with van der Waals surface area (Å²) in [6.07, 6.45) is -2.44. The van der Waals surface area contributed by atoms with Gasteiger partial charge in [-0.25, -0.2) is 8.78 Å². The SMILES string of the molecule is FC(F)C[C@@H](c1cccc(Cl)c1)N1CCNCC1. The summed E-state index contributed by atoms with van der Waals surface area (Å²) in [6, 6.07) is 7.00. The van der Waals surface area contributed by atoms with Gasteiger partial charge >= 0.3 is 0 Å². The summed E-state index contributed by atoms with van der Waals surface area (Å²) in [5, 5.41) is 3.83. The molecule has 0 aromatic heterocycles. The van der Waals surface area contributed by atoms with E-state index >= 15 is 0 Å². The van der Waals surface area contributed by atoms with Crippen LogP contribution in [0, 0.1) is 0 Å². The molecule has 2 nitrogen and oxygen atoms in total. The molecule has 0 radical (unpaired) electrons. The number of hydrogen-bond acceptors (Lipinski definition) is 2. The molecule has 1 aromatic carbocycles. The van der Waals surface area contributed by atoms with E-state index in [1.54, 1.807) is 12.1 Å². The highest BCUT2D eigenvalue weighted by molar-refractivity contribution is 6.30. The van der Waals surface area contributed by atoms with Gasteiger partial charge in [0.1, 0.15) is 0 Å². The maximum Gasteiger partial charge on any atom is 0.240 e. The van der Waals surface area contributed by atoms with Crippen molar-refractivity contribution in [3.8, 4) is 0 Å². The molecule has 0 unspecified atom stereocenters. The minimum atomic E-state index is -2.30. The van der Waals surface area contributed by atoms with E-state index < -0.39 is 6.43 Å². The third kappa shape index (κ3) is 3.64. The fraction of sp³-hybridized carbons (Fsp3) is 0.538. The maximum atomic E-state index is 12.8. The third-order valence-electron chi connectivity index (χ3n) is 3.23. The van der Waals surface area contributed by atoms with Crippen molar-refractivity contribution in [3.05, 3.63) is 34.9 Å². The number of piperazine rings is 1. The van der Waals surface area contributed by atoms with Gasteiger partial charge in [0, 0.05) is 43.7 Å². The molecule has 5 heteroatoms. The van der Waals surface area contributed by atoms with Crippen molar-refractivity contribution < 1.29 is 8.78 Å². The average molecular weight is 275 g/mol. The molecule has 100 valence electrons. The number of benzene rings is 1. The van der Waals surface area contributed by atoms with Gasteiger partial charge < -0.3 is 5.32 Å². The molecule has 18 heavy (non-hydrogen) atoms. The highest BCUT2D eigenvalue weighted by Crippen LogP contribution is 2.29. The Hall–Kier alpha value is -0.710. The van der Waals surface area contributed by atoms with Crippen LogP contribution in [0.5, 0.6) is 0 Å². The van der Waals surface area contributed by atoms with E-state index in [1.807, 2.05) is 12.1 Å². The smallest absolute Gasteiger partial charge is 0.240 e.